The standard InChI is InChI=1S/C13H15N3O4/c17-12(15-10-3-4-10)7-8-14-13(18)9-1-5-11(6-2-9)16(19)20/h1-2,5-6,10H,3-4,7-8H2,(H,14,18)(H,15,17). The summed E-state index contributed by atoms with van der Waals surface area (Å²) < 4.78 is 0. The Morgan fingerprint density at radius 1 is 1.25 bits per heavy atom. The van der Waals surface area contributed by atoms with E-state index in [0.717, 1.165) is 12.8 Å². The van der Waals surface area contributed by atoms with Crippen LogP contribution in [-0.2, 0) is 4.79 Å². The van der Waals surface area contributed by atoms with E-state index in [0.29, 0.717) is 11.6 Å². The third kappa shape index (κ3) is 4.04. The van der Waals surface area contributed by atoms with E-state index < -0.39 is 4.92 Å². The first-order valence-electron chi connectivity index (χ1n) is 6.38. The van der Waals surface area contributed by atoms with Gasteiger partial charge in [0, 0.05) is 36.7 Å². The van der Waals surface area contributed by atoms with Gasteiger partial charge in [-0.15, -0.1) is 0 Å². The molecule has 7 heteroatoms. The van der Waals surface area contributed by atoms with E-state index in [1.165, 1.54) is 24.3 Å². The summed E-state index contributed by atoms with van der Waals surface area (Å²) in [5, 5.41) is 15.9. The van der Waals surface area contributed by atoms with Gasteiger partial charge in [-0.2, -0.15) is 0 Å². The summed E-state index contributed by atoms with van der Waals surface area (Å²) in [7, 11) is 0. The van der Waals surface area contributed by atoms with Gasteiger partial charge in [0.05, 0.1) is 4.92 Å². The summed E-state index contributed by atoms with van der Waals surface area (Å²) >= 11 is 0. The maximum Gasteiger partial charge on any atom is 0.269 e. The van der Waals surface area contributed by atoms with Crippen molar-refractivity contribution in [3.05, 3.63) is 39.9 Å². The monoisotopic (exact) mass is 277 g/mol. The van der Waals surface area contributed by atoms with Gasteiger partial charge in [-0.25, -0.2) is 0 Å². The van der Waals surface area contributed by atoms with Gasteiger partial charge in [0.25, 0.3) is 11.6 Å². The van der Waals surface area contributed by atoms with E-state index >= 15 is 0 Å². The highest BCUT2D eigenvalue weighted by Gasteiger charge is 2.22. The highest BCUT2D eigenvalue weighted by Crippen LogP contribution is 2.18. The summed E-state index contributed by atoms with van der Waals surface area (Å²) in [5.74, 6) is -0.421. The fourth-order valence-corrected chi connectivity index (χ4v) is 1.65. The Morgan fingerprint density at radius 2 is 1.90 bits per heavy atom. The highest BCUT2D eigenvalue weighted by atomic mass is 16.6. The van der Waals surface area contributed by atoms with Crippen molar-refractivity contribution in [2.24, 2.45) is 0 Å². The van der Waals surface area contributed by atoms with Crippen LogP contribution < -0.4 is 10.6 Å². The molecule has 0 saturated heterocycles. The van der Waals surface area contributed by atoms with Crippen molar-refractivity contribution in [2.45, 2.75) is 25.3 Å². The van der Waals surface area contributed by atoms with E-state index in [1.807, 2.05) is 0 Å². The molecule has 1 aliphatic carbocycles. The summed E-state index contributed by atoms with van der Waals surface area (Å²) in [5.41, 5.74) is 0.267. The van der Waals surface area contributed by atoms with Crippen LogP contribution in [0.2, 0.25) is 0 Å². The van der Waals surface area contributed by atoms with Crippen molar-refractivity contribution in [2.75, 3.05) is 6.54 Å². The zero-order valence-electron chi connectivity index (χ0n) is 10.8. The maximum absolute atomic E-state index is 11.7. The normalized spacial score (nSPS) is 13.6. The van der Waals surface area contributed by atoms with Gasteiger partial charge in [-0.3, -0.25) is 19.7 Å². The Bertz CT molecular complexity index is 523. The van der Waals surface area contributed by atoms with Crippen molar-refractivity contribution in [3.8, 4) is 0 Å². The first kappa shape index (κ1) is 14.0. The smallest absolute Gasteiger partial charge is 0.269 e. The Hall–Kier alpha value is -2.44. The van der Waals surface area contributed by atoms with Crippen LogP contribution in [0.5, 0.6) is 0 Å². The van der Waals surface area contributed by atoms with Gasteiger partial charge >= 0.3 is 0 Å². The molecular formula is C13H15N3O4. The molecule has 0 heterocycles. The molecule has 0 aliphatic heterocycles. The predicted octanol–water partition coefficient (Wildman–Crippen LogP) is 0.993. The fraction of sp³-hybridized carbons (Fsp3) is 0.385. The van der Waals surface area contributed by atoms with Gasteiger partial charge in [0.2, 0.25) is 5.91 Å². The van der Waals surface area contributed by atoms with Crippen LogP contribution in [0.15, 0.2) is 24.3 Å². The second-order valence-corrected chi connectivity index (χ2v) is 4.65. The minimum absolute atomic E-state index is 0.0645. The van der Waals surface area contributed by atoms with Crippen molar-refractivity contribution < 1.29 is 14.5 Å². The molecule has 0 atom stereocenters. The molecule has 2 rings (SSSR count). The Labute approximate surface area is 115 Å². The van der Waals surface area contributed by atoms with Gasteiger partial charge in [0.15, 0.2) is 0 Å². The molecule has 0 aromatic heterocycles. The average molecular weight is 277 g/mol. The molecular weight excluding hydrogens is 262 g/mol. The average Bonchev–Trinajstić information content (AvgIpc) is 3.22. The molecule has 2 N–H and O–H groups in total. The first-order valence-corrected chi connectivity index (χ1v) is 6.38. The summed E-state index contributed by atoms with van der Waals surface area (Å²) in [6, 6.07) is 5.63. The number of nitrogens with zero attached hydrogens (tertiary/aromatic N) is 1. The number of rotatable bonds is 6. The molecule has 1 fully saturated rings. The number of nitro groups is 1. The summed E-state index contributed by atoms with van der Waals surface area (Å²) in [4.78, 5) is 33.1. The second kappa shape index (κ2) is 6.14. The number of carbonyl (C=O) groups is 2. The van der Waals surface area contributed by atoms with Gasteiger partial charge in [-0.1, -0.05) is 0 Å². The van der Waals surface area contributed by atoms with E-state index in [2.05, 4.69) is 10.6 Å². The summed E-state index contributed by atoms with van der Waals surface area (Å²) in [6.07, 6.45) is 2.29. The zero-order valence-corrected chi connectivity index (χ0v) is 10.8. The van der Waals surface area contributed by atoms with Crippen LogP contribution in [0.4, 0.5) is 5.69 Å². The number of benzene rings is 1. The molecule has 1 aliphatic rings. The SMILES string of the molecule is O=C(CCNC(=O)c1ccc([N+](=O)[O-])cc1)NC1CC1. The molecule has 0 unspecified atom stereocenters. The van der Waals surface area contributed by atoms with Gasteiger partial charge in [-0.05, 0) is 25.0 Å². The van der Waals surface area contributed by atoms with Crippen LogP contribution in [0.1, 0.15) is 29.6 Å². The highest BCUT2D eigenvalue weighted by molar-refractivity contribution is 5.94. The van der Waals surface area contributed by atoms with Crippen LogP contribution in [0.3, 0.4) is 0 Å². The number of non-ortho nitro benzene ring substituents is 1. The van der Waals surface area contributed by atoms with Crippen molar-refractivity contribution in [1.29, 1.82) is 0 Å². The second-order valence-electron chi connectivity index (χ2n) is 4.65. The first-order chi connectivity index (χ1) is 9.56. The number of hydrogen-bond donors (Lipinski definition) is 2. The largest absolute Gasteiger partial charge is 0.353 e. The molecule has 1 aromatic rings. The number of hydrogen-bond acceptors (Lipinski definition) is 4. The molecule has 20 heavy (non-hydrogen) atoms. The molecule has 0 spiro atoms. The quantitative estimate of drug-likeness (QED) is 0.598. The van der Waals surface area contributed by atoms with Gasteiger partial charge < -0.3 is 10.6 Å². The topological polar surface area (TPSA) is 101 Å². The zero-order chi connectivity index (χ0) is 14.5. The van der Waals surface area contributed by atoms with Gasteiger partial charge in [0.1, 0.15) is 0 Å². The van der Waals surface area contributed by atoms with Crippen LogP contribution in [-0.4, -0.2) is 29.3 Å². The lowest BCUT2D eigenvalue weighted by molar-refractivity contribution is -0.384. The molecule has 1 saturated carbocycles. The minimum Gasteiger partial charge on any atom is -0.353 e. The minimum atomic E-state index is -0.524. The van der Waals surface area contributed by atoms with Crippen molar-refractivity contribution in [3.63, 3.8) is 0 Å². The fourth-order valence-electron chi connectivity index (χ4n) is 1.65. The van der Waals surface area contributed by atoms with E-state index in [9.17, 15) is 19.7 Å². The molecule has 2 amide bonds. The van der Waals surface area contributed by atoms with Crippen molar-refractivity contribution >= 4 is 17.5 Å². The van der Waals surface area contributed by atoms with Crippen LogP contribution in [0.25, 0.3) is 0 Å². The Balaban J connectivity index is 1.76. The van der Waals surface area contributed by atoms with E-state index in [1.54, 1.807) is 0 Å². The maximum atomic E-state index is 11.7. The Kier molecular flexibility index (Phi) is 4.29. The number of nitrogens with one attached hydrogen (secondary N) is 2. The Morgan fingerprint density at radius 3 is 2.45 bits per heavy atom. The number of amides is 2. The molecule has 7 nitrogen and oxygen atoms in total. The molecule has 1 aromatic carbocycles. The lowest BCUT2D eigenvalue weighted by Gasteiger charge is -2.05. The molecule has 0 radical (unpaired) electrons. The summed E-state index contributed by atoms with van der Waals surface area (Å²) in [6.45, 7) is 0.244. The lowest BCUT2D eigenvalue weighted by atomic mass is 10.2. The predicted molar refractivity (Wildman–Crippen MR) is 71.2 cm³/mol. The van der Waals surface area contributed by atoms with E-state index in [-0.39, 0.29) is 30.5 Å². The number of nitro benzene ring substituents is 1. The molecule has 106 valence electrons. The third-order valence-electron chi connectivity index (χ3n) is 2.92. The van der Waals surface area contributed by atoms with Crippen LogP contribution >= 0.6 is 0 Å². The lowest BCUT2D eigenvalue weighted by Crippen LogP contribution is -2.31. The van der Waals surface area contributed by atoms with E-state index in [4.69, 9.17) is 0 Å². The third-order valence-corrected chi connectivity index (χ3v) is 2.92. The van der Waals surface area contributed by atoms with Crippen LogP contribution in [0, 0.1) is 10.1 Å². The number of carbonyl (C=O) groups excluding carboxylic acids is 2. The molecule has 0 bridgehead atoms. The van der Waals surface area contributed by atoms with Crippen molar-refractivity contribution in [1.82, 2.24) is 10.6 Å².